The Morgan fingerprint density at radius 1 is 1.14 bits per heavy atom. The molecule has 1 amide bonds. The molecule has 2 aromatic carbocycles. The van der Waals surface area contributed by atoms with Gasteiger partial charge in [0.05, 0.1) is 0 Å². The first-order chi connectivity index (χ1) is 10.5. The molecule has 0 fully saturated rings. The van der Waals surface area contributed by atoms with E-state index in [1.54, 1.807) is 6.07 Å². The molecular formula is C19H22FNO. The first-order valence-electron chi connectivity index (χ1n) is 7.61. The van der Waals surface area contributed by atoms with E-state index in [0.29, 0.717) is 12.8 Å². The summed E-state index contributed by atoms with van der Waals surface area (Å²) < 4.78 is 13.2. The second kappa shape index (κ2) is 7.21. The Morgan fingerprint density at radius 2 is 1.86 bits per heavy atom. The molecule has 0 heterocycles. The molecule has 0 bridgehead atoms. The number of nitrogens with zero attached hydrogens (tertiary/aromatic N) is 1. The zero-order chi connectivity index (χ0) is 16.1. The van der Waals surface area contributed by atoms with E-state index in [2.05, 4.69) is 0 Å². The van der Waals surface area contributed by atoms with E-state index in [9.17, 15) is 9.18 Å². The Hall–Kier alpha value is -2.16. The Labute approximate surface area is 131 Å². The zero-order valence-electron chi connectivity index (χ0n) is 13.3. The molecule has 0 unspecified atom stereocenters. The SMILES string of the molecule is Cc1ccccc1N(C(=O)CCc1cccc(F)c1)C(C)C. The summed E-state index contributed by atoms with van der Waals surface area (Å²) in [7, 11) is 0. The molecule has 2 nitrogen and oxygen atoms in total. The topological polar surface area (TPSA) is 20.3 Å². The largest absolute Gasteiger partial charge is 0.310 e. The van der Waals surface area contributed by atoms with Crippen molar-refractivity contribution in [2.24, 2.45) is 0 Å². The highest BCUT2D eigenvalue weighted by Gasteiger charge is 2.20. The Bertz CT molecular complexity index is 651. The van der Waals surface area contributed by atoms with Gasteiger partial charge in [0.1, 0.15) is 5.82 Å². The van der Waals surface area contributed by atoms with Crippen molar-refractivity contribution in [1.82, 2.24) is 0 Å². The van der Waals surface area contributed by atoms with Gasteiger partial charge in [0, 0.05) is 18.2 Å². The molecule has 0 aliphatic rings. The predicted molar refractivity (Wildman–Crippen MR) is 88.5 cm³/mol. The van der Waals surface area contributed by atoms with E-state index in [1.807, 2.05) is 56.0 Å². The van der Waals surface area contributed by atoms with Gasteiger partial charge < -0.3 is 4.90 Å². The van der Waals surface area contributed by atoms with Crippen LogP contribution in [0, 0.1) is 12.7 Å². The lowest BCUT2D eigenvalue weighted by Crippen LogP contribution is -2.37. The number of carbonyl (C=O) groups excluding carboxylic acids is 1. The number of aryl methyl sites for hydroxylation is 2. The summed E-state index contributed by atoms with van der Waals surface area (Å²) >= 11 is 0. The second-order valence-electron chi connectivity index (χ2n) is 5.77. The van der Waals surface area contributed by atoms with E-state index < -0.39 is 0 Å². The maximum absolute atomic E-state index is 13.2. The average molecular weight is 299 g/mol. The number of rotatable bonds is 5. The van der Waals surface area contributed by atoms with Gasteiger partial charge in [-0.15, -0.1) is 0 Å². The van der Waals surface area contributed by atoms with Gasteiger partial charge in [-0.3, -0.25) is 4.79 Å². The number of amides is 1. The number of halogens is 1. The number of hydrogen-bond donors (Lipinski definition) is 0. The fourth-order valence-electron chi connectivity index (χ4n) is 2.60. The van der Waals surface area contributed by atoms with Crippen LogP contribution in [0.4, 0.5) is 10.1 Å². The average Bonchev–Trinajstić information content (AvgIpc) is 2.47. The van der Waals surface area contributed by atoms with E-state index in [4.69, 9.17) is 0 Å². The lowest BCUT2D eigenvalue weighted by molar-refractivity contribution is -0.118. The summed E-state index contributed by atoms with van der Waals surface area (Å²) in [6.07, 6.45) is 0.918. The lowest BCUT2D eigenvalue weighted by atomic mass is 10.1. The Morgan fingerprint density at radius 3 is 2.50 bits per heavy atom. The summed E-state index contributed by atoms with van der Waals surface area (Å²) in [4.78, 5) is 14.5. The van der Waals surface area contributed by atoms with Crippen molar-refractivity contribution in [2.75, 3.05) is 4.90 Å². The highest BCUT2D eigenvalue weighted by Crippen LogP contribution is 2.23. The summed E-state index contributed by atoms with van der Waals surface area (Å²) in [5.74, 6) is -0.196. The molecule has 116 valence electrons. The maximum Gasteiger partial charge on any atom is 0.227 e. The molecule has 3 heteroatoms. The fraction of sp³-hybridized carbons (Fsp3) is 0.316. The molecule has 0 radical (unpaired) electrons. The second-order valence-corrected chi connectivity index (χ2v) is 5.77. The van der Waals surface area contributed by atoms with Gasteiger partial charge in [-0.05, 0) is 56.5 Å². The highest BCUT2D eigenvalue weighted by molar-refractivity contribution is 5.94. The van der Waals surface area contributed by atoms with Crippen molar-refractivity contribution in [3.05, 3.63) is 65.5 Å². The molecular weight excluding hydrogens is 277 g/mol. The zero-order valence-corrected chi connectivity index (χ0v) is 13.3. The van der Waals surface area contributed by atoms with Crippen molar-refractivity contribution in [3.63, 3.8) is 0 Å². The first-order valence-corrected chi connectivity index (χ1v) is 7.61. The van der Waals surface area contributed by atoms with Crippen LogP contribution in [-0.2, 0) is 11.2 Å². The van der Waals surface area contributed by atoms with Crippen LogP contribution in [0.5, 0.6) is 0 Å². The lowest BCUT2D eigenvalue weighted by Gasteiger charge is -2.28. The molecule has 0 aromatic heterocycles. The van der Waals surface area contributed by atoms with E-state index in [1.165, 1.54) is 12.1 Å². The van der Waals surface area contributed by atoms with E-state index in [-0.39, 0.29) is 17.8 Å². The standard InChI is InChI=1S/C19H22FNO/c1-14(2)21(18-10-5-4-7-15(18)3)19(22)12-11-16-8-6-9-17(20)13-16/h4-10,13-14H,11-12H2,1-3H3. The van der Waals surface area contributed by atoms with Crippen molar-refractivity contribution >= 4 is 11.6 Å². The van der Waals surface area contributed by atoms with Crippen LogP contribution in [0.1, 0.15) is 31.4 Å². The Kier molecular flexibility index (Phi) is 5.31. The quantitative estimate of drug-likeness (QED) is 0.795. The van der Waals surface area contributed by atoms with Gasteiger partial charge in [0.2, 0.25) is 5.91 Å². The van der Waals surface area contributed by atoms with Crippen molar-refractivity contribution in [2.45, 2.75) is 39.7 Å². The molecule has 0 spiro atoms. The minimum Gasteiger partial charge on any atom is -0.310 e. The maximum atomic E-state index is 13.2. The molecule has 0 aliphatic heterocycles. The van der Waals surface area contributed by atoms with Crippen LogP contribution in [-0.4, -0.2) is 11.9 Å². The van der Waals surface area contributed by atoms with Gasteiger partial charge in [-0.1, -0.05) is 30.3 Å². The van der Waals surface area contributed by atoms with Crippen molar-refractivity contribution < 1.29 is 9.18 Å². The van der Waals surface area contributed by atoms with E-state index in [0.717, 1.165) is 16.8 Å². The smallest absolute Gasteiger partial charge is 0.227 e. The van der Waals surface area contributed by atoms with E-state index >= 15 is 0 Å². The molecule has 0 saturated heterocycles. The highest BCUT2D eigenvalue weighted by atomic mass is 19.1. The van der Waals surface area contributed by atoms with Crippen molar-refractivity contribution in [3.8, 4) is 0 Å². The van der Waals surface area contributed by atoms with Crippen molar-refractivity contribution in [1.29, 1.82) is 0 Å². The third kappa shape index (κ3) is 3.94. The molecule has 2 aromatic rings. The van der Waals surface area contributed by atoms with Gasteiger partial charge >= 0.3 is 0 Å². The summed E-state index contributed by atoms with van der Waals surface area (Å²) in [5, 5.41) is 0. The number of hydrogen-bond acceptors (Lipinski definition) is 1. The normalized spacial score (nSPS) is 10.8. The first kappa shape index (κ1) is 16.2. The van der Waals surface area contributed by atoms with Crippen LogP contribution < -0.4 is 4.90 Å². The summed E-state index contributed by atoms with van der Waals surface area (Å²) in [6, 6.07) is 14.4. The van der Waals surface area contributed by atoms with Gasteiger partial charge in [-0.2, -0.15) is 0 Å². The van der Waals surface area contributed by atoms with Gasteiger partial charge in [-0.25, -0.2) is 4.39 Å². The van der Waals surface area contributed by atoms with Gasteiger partial charge in [0.15, 0.2) is 0 Å². The van der Waals surface area contributed by atoms with Gasteiger partial charge in [0.25, 0.3) is 0 Å². The number of para-hydroxylation sites is 1. The van der Waals surface area contributed by atoms with Crippen LogP contribution in [0.3, 0.4) is 0 Å². The molecule has 22 heavy (non-hydrogen) atoms. The number of anilines is 1. The van der Waals surface area contributed by atoms with Crippen LogP contribution in [0.15, 0.2) is 48.5 Å². The number of carbonyl (C=O) groups is 1. The third-order valence-electron chi connectivity index (χ3n) is 3.68. The number of benzene rings is 2. The van der Waals surface area contributed by atoms with Crippen LogP contribution >= 0.6 is 0 Å². The fourth-order valence-corrected chi connectivity index (χ4v) is 2.60. The van der Waals surface area contributed by atoms with Crippen LogP contribution in [0.25, 0.3) is 0 Å². The molecule has 0 N–H and O–H groups in total. The summed E-state index contributed by atoms with van der Waals surface area (Å²) in [6.45, 7) is 6.02. The summed E-state index contributed by atoms with van der Waals surface area (Å²) in [5.41, 5.74) is 2.87. The van der Waals surface area contributed by atoms with Crippen LogP contribution in [0.2, 0.25) is 0 Å². The predicted octanol–water partition coefficient (Wildman–Crippen LogP) is 4.51. The minimum atomic E-state index is -0.260. The molecule has 0 saturated carbocycles. The Balaban J connectivity index is 2.12. The minimum absolute atomic E-state index is 0.0635. The monoisotopic (exact) mass is 299 g/mol. The third-order valence-corrected chi connectivity index (χ3v) is 3.68. The molecule has 2 rings (SSSR count). The molecule has 0 aliphatic carbocycles. The molecule has 0 atom stereocenters.